The van der Waals surface area contributed by atoms with Crippen molar-refractivity contribution in [3.8, 4) is 22.7 Å². The molecule has 34 heavy (non-hydrogen) atoms. The van der Waals surface area contributed by atoms with Crippen LogP contribution >= 0.6 is 23.1 Å². The van der Waals surface area contributed by atoms with Gasteiger partial charge in [-0.1, -0.05) is 30.3 Å². The fraction of sp³-hybridized carbons (Fsp3) is 0.250. The highest BCUT2D eigenvalue weighted by molar-refractivity contribution is 7.99. The molecule has 1 aromatic carbocycles. The second kappa shape index (κ2) is 9.30. The summed E-state index contributed by atoms with van der Waals surface area (Å²) in [5.41, 5.74) is 2.28. The predicted octanol–water partition coefficient (Wildman–Crippen LogP) is 4.73. The first-order valence-corrected chi connectivity index (χ1v) is 12.7. The van der Waals surface area contributed by atoms with Gasteiger partial charge in [0.1, 0.15) is 15.7 Å². The standard InChI is InChI=1S/C24H22N6O2S2/c1-29-21(18-8-5-11-32-18)27-28-24(29)34-23-20-17(16-6-3-2-4-7-16)15-33-22(20)25-19(26-23)14-30-9-12-31-13-10-30/h2-8,11,15H,9-10,12-14H2,1H3. The molecular weight excluding hydrogens is 468 g/mol. The van der Waals surface area contributed by atoms with Crippen LogP contribution in [0.4, 0.5) is 0 Å². The molecule has 8 nitrogen and oxygen atoms in total. The molecule has 1 saturated heterocycles. The van der Waals surface area contributed by atoms with E-state index in [-0.39, 0.29) is 0 Å². The molecule has 10 heteroatoms. The fourth-order valence-electron chi connectivity index (χ4n) is 4.00. The largest absolute Gasteiger partial charge is 0.461 e. The molecule has 0 radical (unpaired) electrons. The minimum Gasteiger partial charge on any atom is -0.461 e. The average Bonchev–Trinajstić information content (AvgIpc) is 3.61. The topological polar surface area (TPSA) is 82.1 Å². The van der Waals surface area contributed by atoms with E-state index in [1.807, 2.05) is 29.8 Å². The van der Waals surface area contributed by atoms with E-state index in [0.717, 1.165) is 63.7 Å². The molecule has 1 aliphatic rings. The zero-order chi connectivity index (χ0) is 22.9. The zero-order valence-electron chi connectivity index (χ0n) is 18.5. The molecule has 0 N–H and O–H groups in total. The Bertz CT molecular complexity index is 1410. The maximum Gasteiger partial charge on any atom is 0.200 e. The highest BCUT2D eigenvalue weighted by atomic mass is 32.2. The molecule has 5 heterocycles. The van der Waals surface area contributed by atoms with Crippen molar-refractivity contribution < 1.29 is 9.15 Å². The molecule has 5 aromatic rings. The summed E-state index contributed by atoms with van der Waals surface area (Å²) in [5.74, 6) is 2.18. The molecule has 4 aromatic heterocycles. The number of rotatable bonds is 6. The summed E-state index contributed by atoms with van der Waals surface area (Å²) in [6.07, 6.45) is 1.64. The smallest absolute Gasteiger partial charge is 0.200 e. The SMILES string of the molecule is Cn1c(Sc2nc(CN3CCOCC3)nc3scc(-c4ccccc4)c23)nnc1-c1ccco1. The molecule has 0 saturated carbocycles. The molecule has 6 rings (SSSR count). The number of nitrogens with zero attached hydrogens (tertiary/aromatic N) is 6. The van der Waals surface area contributed by atoms with E-state index in [4.69, 9.17) is 19.1 Å². The molecule has 0 amide bonds. The van der Waals surface area contributed by atoms with Crippen molar-refractivity contribution in [3.05, 3.63) is 59.9 Å². The molecule has 0 atom stereocenters. The number of ether oxygens (including phenoxy) is 1. The molecule has 1 aliphatic heterocycles. The van der Waals surface area contributed by atoms with Crippen molar-refractivity contribution in [2.75, 3.05) is 26.3 Å². The van der Waals surface area contributed by atoms with Crippen LogP contribution in [0.3, 0.4) is 0 Å². The first kappa shape index (κ1) is 21.5. The number of thiophene rings is 1. The molecule has 172 valence electrons. The van der Waals surface area contributed by atoms with E-state index >= 15 is 0 Å². The van der Waals surface area contributed by atoms with Crippen LogP contribution < -0.4 is 0 Å². The van der Waals surface area contributed by atoms with Gasteiger partial charge in [-0.05, 0) is 29.5 Å². The number of furan rings is 1. The third-order valence-corrected chi connectivity index (χ3v) is 7.66. The summed E-state index contributed by atoms with van der Waals surface area (Å²) in [6.45, 7) is 3.96. The third kappa shape index (κ3) is 4.14. The van der Waals surface area contributed by atoms with Gasteiger partial charge < -0.3 is 13.7 Å². The second-order valence-corrected chi connectivity index (χ2v) is 9.79. The van der Waals surface area contributed by atoms with Crippen molar-refractivity contribution in [1.82, 2.24) is 29.6 Å². The Morgan fingerprint density at radius 2 is 1.88 bits per heavy atom. The van der Waals surface area contributed by atoms with Gasteiger partial charge in [0.25, 0.3) is 0 Å². The summed E-state index contributed by atoms with van der Waals surface area (Å²) in [7, 11) is 1.94. The number of aromatic nitrogens is 5. The highest BCUT2D eigenvalue weighted by Gasteiger charge is 2.21. The van der Waals surface area contributed by atoms with Gasteiger partial charge in [-0.3, -0.25) is 4.90 Å². The maximum atomic E-state index is 5.53. The lowest BCUT2D eigenvalue weighted by atomic mass is 10.1. The normalized spacial score (nSPS) is 14.7. The van der Waals surface area contributed by atoms with Gasteiger partial charge in [-0.2, -0.15) is 0 Å². The molecule has 0 unspecified atom stereocenters. The molecular formula is C24H22N6O2S2. The molecule has 0 spiro atoms. The fourth-order valence-corrected chi connectivity index (χ4v) is 5.96. The number of fused-ring (bicyclic) bond motifs is 1. The summed E-state index contributed by atoms with van der Waals surface area (Å²) >= 11 is 3.16. The van der Waals surface area contributed by atoms with Crippen LogP contribution in [0, 0.1) is 0 Å². The van der Waals surface area contributed by atoms with E-state index in [1.54, 1.807) is 17.6 Å². The van der Waals surface area contributed by atoms with Gasteiger partial charge in [-0.25, -0.2) is 9.97 Å². The third-order valence-electron chi connectivity index (χ3n) is 5.76. The van der Waals surface area contributed by atoms with Gasteiger partial charge in [0.2, 0.25) is 0 Å². The van der Waals surface area contributed by atoms with Gasteiger partial charge >= 0.3 is 0 Å². The summed E-state index contributed by atoms with van der Waals surface area (Å²) in [5, 5.41) is 13.6. The number of hydrogen-bond donors (Lipinski definition) is 0. The van der Waals surface area contributed by atoms with Crippen molar-refractivity contribution in [3.63, 3.8) is 0 Å². The maximum absolute atomic E-state index is 5.53. The average molecular weight is 491 g/mol. The van der Waals surface area contributed by atoms with Gasteiger partial charge in [0, 0.05) is 31.1 Å². The Kier molecular flexibility index (Phi) is 5.88. The lowest BCUT2D eigenvalue weighted by molar-refractivity contribution is 0.0330. The van der Waals surface area contributed by atoms with Crippen LogP contribution in [0.2, 0.25) is 0 Å². The van der Waals surface area contributed by atoms with Crippen LogP contribution in [0.1, 0.15) is 5.82 Å². The predicted molar refractivity (Wildman–Crippen MR) is 132 cm³/mol. The Labute approximate surface area is 204 Å². The molecule has 0 aliphatic carbocycles. The van der Waals surface area contributed by atoms with Crippen molar-refractivity contribution in [2.24, 2.45) is 7.05 Å². The minimum atomic E-state index is 0.681. The van der Waals surface area contributed by atoms with E-state index in [2.05, 4.69) is 44.7 Å². The van der Waals surface area contributed by atoms with Gasteiger partial charge in [0.05, 0.1) is 31.4 Å². The van der Waals surface area contributed by atoms with Crippen LogP contribution in [0.5, 0.6) is 0 Å². The van der Waals surface area contributed by atoms with E-state index in [1.165, 1.54) is 11.8 Å². The summed E-state index contributed by atoms with van der Waals surface area (Å²) in [4.78, 5) is 13.3. The van der Waals surface area contributed by atoms with E-state index in [9.17, 15) is 0 Å². The summed E-state index contributed by atoms with van der Waals surface area (Å²) in [6, 6.07) is 14.1. The first-order chi connectivity index (χ1) is 16.8. The van der Waals surface area contributed by atoms with E-state index < -0.39 is 0 Å². The lowest BCUT2D eigenvalue weighted by Crippen LogP contribution is -2.36. The van der Waals surface area contributed by atoms with Crippen LogP contribution in [0.25, 0.3) is 32.9 Å². The molecule has 1 fully saturated rings. The Morgan fingerprint density at radius 1 is 1.03 bits per heavy atom. The highest BCUT2D eigenvalue weighted by Crippen LogP contribution is 2.40. The van der Waals surface area contributed by atoms with Gasteiger partial charge in [0.15, 0.2) is 16.7 Å². The van der Waals surface area contributed by atoms with E-state index in [0.29, 0.717) is 18.1 Å². The van der Waals surface area contributed by atoms with Crippen LogP contribution in [-0.4, -0.2) is 55.9 Å². The molecule has 0 bridgehead atoms. The van der Waals surface area contributed by atoms with Crippen molar-refractivity contribution in [2.45, 2.75) is 16.7 Å². The zero-order valence-corrected chi connectivity index (χ0v) is 20.2. The quantitative estimate of drug-likeness (QED) is 0.316. The minimum absolute atomic E-state index is 0.681. The number of hydrogen-bond acceptors (Lipinski definition) is 9. The summed E-state index contributed by atoms with van der Waals surface area (Å²) < 4.78 is 13.0. The number of morpholine rings is 1. The first-order valence-electron chi connectivity index (χ1n) is 11.0. The van der Waals surface area contributed by atoms with Crippen molar-refractivity contribution >= 4 is 33.3 Å². The Morgan fingerprint density at radius 3 is 2.68 bits per heavy atom. The van der Waals surface area contributed by atoms with Crippen LogP contribution in [0.15, 0.2) is 68.7 Å². The lowest BCUT2D eigenvalue weighted by Gasteiger charge is -2.25. The van der Waals surface area contributed by atoms with Crippen LogP contribution in [-0.2, 0) is 18.3 Å². The van der Waals surface area contributed by atoms with Crippen molar-refractivity contribution in [1.29, 1.82) is 0 Å². The second-order valence-electron chi connectivity index (χ2n) is 7.97. The number of benzene rings is 1. The van der Waals surface area contributed by atoms with Gasteiger partial charge in [-0.15, -0.1) is 21.5 Å². The Hall–Kier alpha value is -3.05. The monoisotopic (exact) mass is 490 g/mol. The Balaban J connectivity index is 1.43.